The summed E-state index contributed by atoms with van der Waals surface area (Å²) < 4.78 is 5.96. The zero-order chi connectivity index (χ0) is 23.6. The van der Waals surface area contributed by atoms with Crippen LogP contribution in [-0.2, 0) is 11.8 Å². The molecule has 2 heterocycles. The van der Waals surface area contributed by atoms with Gasteiger partial charge in [0.25, 0.3) is 0 Å². The molecule has 0 aliphatic carbocycles. The fourth-order valence-corrected chi connectivity index (χ4v) is 4.05. The van der Waals surface area contributed by atoms with Crippen molar-refractivity contribution in [2.75, 3.05) is 11.1 Å². The zero-order valence-corrected chi connectivity index (χ0v) is 18.9. The molecule has 1 atom stereocenters. The first-order chi connectivity index (χ1) is 15.2. The van der Waals surface area contributed by atoms with Crippen molar-refractivity contribution < 1.29 is 14.0 Å². The zero-order valence-electron chi connectivity index (χ0n) is 16.6. The number of rotatable bonds is 5. The van der Waals surface area contributed by atoms with Gasteiger partial charge in [0.05, 0.1) is 26.5 Å². The summed E-state index contributed by atoms with van der Waals surface area (Å²) in [6.45, 7) is 1.58. The number of carbonyl (C=O) groups is 1. The van der Waals surface area contributed by atoms with Crippen LogP contribution in [0.3, 0.4) is 0 Å². The minimum Gasteiger partial charge on any atom is -0.383 e. The van der Waals surface area contributed by atoms with Gasteiger partial charge in [-0.25, -0.2) is 9.78 Å². The largest absolute Gasteiger partial charge is 0.435 e. The number of carbonyl (C=O) groups excluding carboxylic acids is 1. The molecule has 0 aliphatic heterocycles. The van der Waals surface area contributed by atoms with Gasteiger partial charge < -0.3 is 11.1 Å². The number of aromatic nitrogens is 3. The number of amides is 1. The lowest BCUT2D eigenvalue weighted by molar-refractivity contribution is -0.730. The Bertz CT molecular complexity index is 1370. The van der Waals surface area contributed by atoms with Crippen LogP contribution in [-0.4, -0.2) is 21.4 Å². The van der Waals surface area contributed by atoms with Crippen LogP contribution in [0.1, 0.15) is 18.1 Å². The molecule has 4 N–H and O–H groups in total. The second-order valence-electron chi connectivity index (χ2n) is 6.39. The molecule has 2 aromatic heterocycles. The van der Waals surface area contributed by atoms with Gasteiger partial charge in [0.2, 0.25) is 5.91 Å². The molecule has 1 aromatic carbocycles. The molecular weight excluding hydrogens is 477 g/mol. The van der Waals surface area contributed by atoms with Gasteiger partial charge >= 0.3 is 11.3 Å². The van der Waals surface area contributed by atoms with Crippen molar-refractivity contribution in [2.45, 2.75) is 17.2 Å². The lowest BCUT2D eigenvalue weighted by Gasteiger charge is -2.15. The Morgan fingerprint density at radius 3 is 2.62 bits per heavy atom. The molecule has 32 heavy (non-hydrogen) atoms. The first-order valence-electron chi connectivity index (χ1n) is 8.82. The molecule has 3 rings (SSSR count). The van der Waals surface area contributed by atoms with Crippen LogP contribution in [0.2, 0.25) is 10.0 Å². The normalized spacial score (nSPS) is 11.4. The highest BCUT2D eigenvalue weighted by atomic mass is 35.5. The number of nitrogen functional groups attached to an aromatic ring is 1. The Labute approximate surface area is 195 Å². The predicted octanol–water partition coefficient (Wildman–Crippen LogP) is 2.61. The second kappa shape index (κ2) is 9.32. The number of halogens is 2. The number of hydrogen-bond acceptors (Lipinski definition) is 8. The van der Waals surface area contributed by atoms with E-state index in [1.54, 1.807) is 25.1 Å². The van der Waals surface area contributed by atoms with E-state index in [0.717, 1.165) is 11.8 Å². The highest BCUT2D eigenvalue weighted by Gasteiger charge is 2.32. The van der Waals surface area contributed by atoms with Crippen molar-refractivity contribution in [3.8, 4) is 23.4 Å². The number of nitrogens with one attached hydrogen (secondary N) is 2. The van der Waals surface area contributed by atoms with Crippen LogP contribution in [0.5, 0.6) is 0 Å². The van der Waals surface area contributed by atoms with Gasteiger partial charge in [0.1, 0.15) is 34.1 Å². The number of H-pyrrole nitrogens is 1. The molecule has 10 nitrogen and oxygen atoms in total. The van der Waals surface area contributed by atoms with Crippen LogP contribution >= 0.6 is 35.0 Å². The van der Waals surface area contributed by atoms with E-state index in [9.17, 15) is 20.1 Å². The highest BCUT2D eigenvalue weighted by molar-refractivity contribution is 8.00. The number of nitrogens with two attached hydrogens (primary N) is 1. The van der Waals surface area contributed by atoms with Crippen LogP contribution < -0.4 is 21.4 Å². The maximum absolute atomic E-state index is 12.7. The van der Waals surface area contributed by atoms with Crippen molar-refractivity contribution >= 4 is 52.4 Å². The summed E-state index contributed by atoms with van der Waals surface area (Å²) in [6, 6.07) is 8.62. The van der Waals surface area contributed by atoms with Gasteiger partial charge in [-0.2, -0.15) is 10.5 Å². The molecule has 0 radical (unpaired) electrons. The van der Waals surface area contributed by atoms with E-state index in [1.807, 2.05) is 12.1 Å². The van der Waals surface area contributed by atoms with E-state index in [1.165, 1.54) is 11.7 Å². The Morgan fingerprint density at radius 2 is 2.03 bits per heavy atom. The van der Waals surface area contributed by atoms with E-state index in [2.05, 4.69) is 15.6 Å². The van der Waals surface area contributed by atoms with Gasteiger partial charge in [-0.1, -0.05) is 45.7 Å². The van der Waals surface area contributed by atoms with Crippen molar-refractivity contribution in [3.63, 3.8) is 0 Å². The summed E-state index contributed by atoms with van der Waals surface area (Å²) >= 11 is 13.0. The first-order valence-corrected chi connectivity index (χ1v) is 10.5. The molecule has 162 valence electrons. The fourth-order valence-electron chi connectivity index (χ4n) is 2.79. The maximum Gasteiger partial charge on any atom is 0.435 e. The minimum absolute atomic E-state index is 0.0343. The lowest BCUT2D eigenvalue weighted by Crippen LogP contribution is -2.34. The summed E-state index contributed by atoms with van der Waals surface area (Å²) in [5.41, 5.74) is 5.08. The molecule has 0 saturated carbocycles. The molecule has 0 saturated heterocycles. The lowest BCUT2D eigenvalue weighted by atomic mass is 10.0. The quantitative estimate of drug-likeness (QED) is 0.362. The third-order valence-electron chi connectivity index (χ3n) is 4.32. The Kier molecular flexibility index (Phi) is 6.75. The monoisotopic (exact) mass is 490 g/mol. The predicted molar refractivity (Wildman–Crippen MR) is 118 cm³/mol. The summed E-state index contributed by atoms with van der Waals surface area (Å²) in [5.74, 6) is -0.642. The topological polar surface area (TPSA) is 165 Å². The number of hydrogen-bond donors (Lipinski definition) is 3. The second-order valence-corrected chi connectivity index (χ2v) is 8.50. The third-order valence-corrected chi connectivity index (χ3v) is 6.23. The number of pyridine rings is 1. The molecule has 0 fully saturated rings. The number of aromatic amines is 1. The Hall–Kier alpha value is -3.51. The summed E-state index contributed by atoms with van der Waals surface area (Å²) in [4.78, 5) is 29.0. The van der Waals surface area contributed by atoms with Crippen molar-refractivity contribution in [3.05, 3.63) is 49.8 Å². The van der Waals surface area contributed by atoms with E-state index < -0.39 is 16.8 Å². The number of nitriles is 2. The number of thioether (sulfide) groups is 1. The molecule has 3 aromatic rings. The Morgan fingerprint density at radius 1 is 1.34 bits per heavy atom. The van der Waals surface area contributed by atoms with Gasteiger partial charge in [-0.3, -0.25) is 9.32 Å². The minimum atomic E-state index is -0.802. The molecule has 0 spiro atoms. The number of benzene rings is 1. The van der Waals surface area contributed by atoms with Crippen LogP contribution in [0, 0.1) is 22.7 Å². The molecule has 0 aliphatic rings. The standard InChI is InChI=1S/C19H13Cl2N7O3S/c1-8(17(29)25-12-5-3-4-11(20)14(12)21)32-18-10(7-23)13(9(6-22)16(24)26-18)15-19(30)31-27-28(15)2/h3-5,8H,1-2H3,(H3-,24,25,26,27,29,30)/p+1. The van der Waals surface area contributed by atoms with Crippen LogP contribution in [0.4, 0.5) is 11.5 Å². The van der Waals surface area contributed by atoms with E-state index in [4.69, 9.17) is 33.5 Å². The average Bonchev–Trinajstić information content (AvgIpc) is 3.08. The molecular formula is C19H14Cl2N7O3S+. The third kappa shape index (κ3) is 4.27. The SMILES string of the molecule is CC(Sc1nc(N)c(C#N)c(-c2c(=O)o[nH][n+]2C)c1C#N)C(=O)Nc1cccc(Cl)c1Cl. The van der Waals surface area contributed by atoms with Gasteiger partial charge in [-0.05, 0) is 24.3 Å². The number of anilines is 2. The van der Waals surface area contributed by atoms with E-state index in [0.29, 0.717) is 5.69 Å². The van der Waals surface area contributed by atoms with Gasteiger partial charge in [-0.15, -0.1) is 0 Å². The van der Waals surface area contributed by atoms with Gasteiger partial charge in [0, 0.05) is 0 Å². The summed E-state index contributed by atoms with van der Waals surface area (Å²) in [5, 5.41) is 24.1. The summed E-state index contributed by atoms with van der Waals surface area (Å²) in [6.07, 6.45) is 0. The molecule has 1 unspecified atom stereocenters. The number of nitrogens with zero attached hydrogens (tertiary/aromatic N) is 4. The van der Waals surface area contributed by atoms with Crippen molar-refractivity contribution in [1.29, 1.82) is 10.5 Å². The van der Waals surface area contributed by atoms with Crippen LogP contribution in [0.15, 0.2) is 32.5 Å². The van der Waals surface area contributed by atoms with Crippen molar-refractivity contribution in [1.82, 2.24) is 10.3 Å². The Balaban J connectivity index is 2.03. The van der Waals surface area contributed by atoms with Crippen LogP contribution in [0.25, 0.3) is 11.3 Å². The van der Waals surface area contributed by atoms with E-state index in [-0.39, 0.29) is 43.3 Å². The molecule has 1 amide bonds. The maximum atomic E-state index is 12.7. The fraction of sp³-hybridized carbons (Fsp3) is 0.158. The van der Waals surface area contributed by atoms with E-state index >= 15 is 0 Å². The summed E-state index contributed by atoms with van der Waals surface area (Å²) in [7, 11) is 1.47. The molecule has 13 heteroatoms. The van der Waals surface area contributed by atoms with Gasteiger partial charge in [0.15, 0.2) is 7.05 Å². The smallest absolute Gasteiger partial charge is 0.383 e. The molecule has 0 bridgehead atoms. The highest BCUT2D eigenvalue weighted by Crippen LogP contribution is 2.35. The number of aryl methyl sites for hydroxylation is 1. The van der Waals surface area contributed by atoms with Crippen molar-refractivity contribution in [2.24, 2.45) is 7.05 Å². The average molecular weight is 491 g/mol. The first kappa shape index (κ1) is 23.2.